The molecule has 3 rings (SSSR count). The van der Waals surface area contributed by atoms with Gasteiger partial charge in [0.2, 0.25) is 0 Å². The Bertz CT molecular complexity index is 912. The molecule has 3 aromatic heterocycles. The Labute approximate surface area is 143 Å². The first-order chi connectivity index (χ1) is 11.5. The second kappa shape index (κ2) is 6.37. The van der Waals surface area contributed by atoms with Gasteiger partial charge in [-0.05, 0) is 38.5 Å². The van der Waals surface area contributed by atoms with Crippen molar-refractivity contribution in [2.75, 3.05) is 5.32 Å². The van der Waals surface area contributed by atoms with Crippen LogP contribution in [0.1, 0.15) is 39.0 Å². The fourth-order valence-corrected chi connectivity index (χ4v) is 3.36. The van der Waals surface area contributed by atoms with Crippen LogP contribution in [0.2, 0.25) is 0 Å². The minimum Gasteiger partial charge on any atom is -0.354 e. The lowest BCUT2D eigenvalue weighted by atomic mass is 10.1. The van der Waals surface area contributed by atoms with E-state index in [0.29, 0.717) is 27.6 Å². The number of aromatic amines is 1. The summed E-state index contributed by atoms with van der Waals surface area (Å²) >= 11 is 1.34. The van der Waals surface area contributed by atoms with Crippen LogP contribution in [0.3, 0.4) is 0 Å². The van der Waals surface area contributed by atoms with Crippen LogP contribution in [-0.4, -0.2) is 26.6 Å². The van der Waals surface area contributed by atoms with Crippen molar-refractivity contribution in [3.8, 4) is 11.3 Å². The molecular formula is C17H16N4O2S. The Morgan fingerprint density at radius 3 is 2.71 bits per heavy atom. The Kier molecular flexibility index (Phi) is 4.26. The zero-order chi connectivity index (χ0) is 17.3. The third-order valence-electron chi connectivity index (χ3n) is 3.70. The van der Waals surface area contributed by atoms with E-state index in [9.17, 15) is 9.59 Å². The maximum atomic E-state index is 12.5. The number of nitrogens with zero attached hydrogens (tertiary/aromatic N) is 2. The number of H-pyrrole nitrogens is 1. The number of hydrogen-bond donors (Lipinski definition) is 2. The highest BCUT2D eigenvalue weighted by Crippen LogP contribution is 2.25. The number of carbonyl (C=O) groups is 2. The fraction of sp³-hybridized carbons (Fsp3) is 0.176. The summed E-state index contributed by atoms with van der Waals surface area (Å²) < 4.78 is 0. The van der Waals surface area contributed by atoms with Crippen LogP contribution in [0.15, 0.2) is 29.9 Å². The Morgan fingerprint density at radius 1 is 1.29 bits per heavy atom. The number of nitrogens with one attached hydrogen (secondary N) is 2. The summed E-state index contributed by atoms with van der Waals surface area (Å²) in [4.78, 5) is 35.6. The zero-order valence-electron chi connectivity index (χ0n) is 13.5. The first kappa shape index (κ1) is 16.1. The molecule has 0 unspecified atom stereocenters. The molecule has 24 heavy (non-hydrogen) atoms. The van der Waals surface area contributed by atoms with Gasteiger partial charge >= 0.3 is 0 Å². The highest BCUT2D eigenvalue weighted by molar-refractivity contribution is 7.14. The average molecular weight is 340 g/mol. The van der Waals surface area contributed by atoms with Gasteiger partial charge in [0.05, 0.1) is 5.69 Å². The number of Topliss-reactive ketones (excluding diaryl/α,β-unsaturated/α-hetero) is 1. The minimum absolute atomic E-state index is 0.0617. The van der Waals surface area contributed by atoms with E-state index >= 15 is 0 Å². The molecule has 0 radical (unpaired) electrons. The maximum absolute atomic E-state index is 12.5. The van der Waals surface area contributed by atoms with Crippen molar-refractivity contribution in [3.05, 3.63) is 52.4 Å². The molecule has 0 aromatic carbocycles. The normalized spacial score (nSPS) is 10.6. The van der Waals surface area contributed by atoms with E-state index in [4.69, 9.17) is 0 Å². The largest absolute Gasteiger partial charge is 0.354 e. The van der Waals surface area contributed by atoms with Gasteiger partial charge in [-0.15, -0.1) is 11.3 Å². The van der Waals surface area contributed by atoms with Gasteiger partial charge in [0.15, 0.2) is 10.9 Å². The number of amides is 1. The van der Waals surface area contributed by atoms with E-state index in [1.54, 1.807) is 26.2 Å². The van der Waals surface area contributed by atoms with Gasteiger partial charge in [-0.3, -0.25) is 19.9 Å². The van der Waals surface area contributed by atoms with Crippen molar-refractivity contribution in [2.24, 2.45) is 0 Å². The smallest absolute Gasteiger partial charge is 0.274 e. The van der Waals surface area contributed by atoms with Crippen molar-refractivity contribution in [2.45, 2.75) is 20.8 Å². The Balaban J connectivity index is 1.83. The van der Waals surface area contributed by atoms with Crippen molar-refractivity contribution in [1.82, 2.24) is 15.0 Å². The summed E-state index contributed by atoms with van der Waals surface area (Å²) in [6.45, 7) is 5.04. The second-order valence-electron chi connectivity index (χ2n) is 5.41. The van der Waals surface area contributed by atoms with E-state index in [1.165, 1.54) is 18.3 Å². The summed E-state index contributed by atoms with van der Waals surface area (Å²) in [5.74, 6) is -0.372. The number of thiazole rings is 1. The lowest BCUT2D eigenvalue weighted by Gasteiger charge is -2.01. The molecule has 0 aliphatic rings. The van der Waals surface area contributed by atoms with E-state index in [2.05, 4.69) is 20.3 Å². The van der Waals surface area contributed by atoms with Crippen molar-refractivity contribution in [1.29, 1.82) is 0 Å². The molecule has 1 amide bonds. The molecule has 0 saturated carbocycles. The quantitative estimate of drug-likeness (QED) is 0.710. The Hall–Kier alpha value is -2.80. The van der Waals surface area contributed by atoms with E-state index in [0.717, 1.165) is 11.3 Å². The predicted molar refractivity (Wildman–Crippen MR) is 93.6 cm³/mol. The van der Waals surface area contributed by atoms with Gasteiger partial charge < -0.3 is 4.98 Å². The van der Waals surface area contributed by atoms with Crippen LogP contribution >= 0.6 is 11.3 Å². The van der Waals surface area contributed by atoms with Crippen molar-refractivity contribution < 1.29 is 9.59 Å². The van der Waals surface area contributed by atoms with E-state index in [-0.39, 0.29) is 11.7 Å². The van der Waals surface area contributed by atoms with Gasteiger partial charge in [0.25, 0.3) is 5.91 Å². The molecule has 7 heteroatoms. The summed E-state index contributed by atoms with van der Waals surface area (Å²) in [5.41, 5.74) is 3.94. The molecule has 6 nitrogen and oxygen atoms in total. The Morgan fingerprint density at radius 2 is 2.08 bits per heavy atom. The molecule has 0 saturated heterocycles. The lowest BCUT2D eigenvalue weighted by Crippen LogP contribution is -2.13. The number of anilines is 1. The van der Waals surface area contributed by atoms with Crippen LogP contribution in [0.5, 0.6) is 0 Å². The molecule has 0 atom stereocenters. The van der Waals surface area contributed by atoms with Crippen LogP contribution in [0, 0.1) is 13.8 Å². The number of carbonyl (C=O) groups excluding carboxylic acids is 2. The van der Waals surface area contributed by atoms with Crippen LogP contribution < -0.4 is 5.32 Å². The van der Waals surface area contributed by atoms with Crippen LogP contribution in [-0.2, 0) is 0 Å². The van der Waals surface area contributed by atoms with Crippen LogP contribution in [0.25, 0.3) is 11.3 Å². The molecule has 122 valence electrons. The maximum Gasteiger partial charge on any atom is 0.274 e. The SMILES string of the molecule is CC(=O)c1c(C)[nH]c(C(=O)Nc2nc(-c3cccnc3)cs2)c1C. The van der Waals surface area contributed by atoms with E-state index in [1.807, 2.05) is 17.5 Å². The van der Waals surface area contributed by atoms with Gasteiger partial charge in [0.1, 0.15) is 5.69 Å². The fourth-order valence-electron chi connectivity index (χ4n) is 2.64. The molecule has 3 aromatic rings. The zero-order valence-corrected chi connectivity index (χ0v) is 14.3. The van der Waals surface area contributed by atoms with Gasteiger partial charge in [-0.2, -0.15) is 0 Å². The number of aryl methyl sites for hydroxylation is 1. The molecule has 0 bridgehead atoms. The molecule has 0 aliphatic carbocycles. The first-order valence-electron chi connectivity index (χ1n) is 7.34. The number of pyridine rings is 1. The van der Waals surface area contributed by atoms with Gasteiger partial charge in [-0.1, -0.05) is 0 Å². The second-order valence-corrected chi connectivity index (χ2v) is 6.27. The summed E-state index contributed by atoms with van der Waals surface area (Å²) in [6.07, 6.45) is 3.42. The van der Waals surface area contributed by atoms with Crippen molar-refractivity contribution in [3.63, 3.8) is 0 Å². The summed E-state index contributed by atoms with van der Waals surface area (Å²) in [7, 11) is 0. The highest BCUT2D eigenvalue weighted by atomic mass is 32.1. The molecule has 0 aliphatic heterocycles. The van der Waals surface area contributed by atoms with Crippen LogP contribution in [0.4, 0.5) is 5.13 Å². The summed E-state index contributed by atoms with van der Waals surface area (Å²) in [5, 5.41) is 5.13. The van der Waals surface area contributed by atoms with E-state index < -0.39 is 0 Å². The molecular weight excluding hydrogens is 324 g/mol. The standard InChI is InChI=1S/C17H16N4O2S/c1-9-14(11(3)22)10(2)19-15(9)16(23)21-17-20-13(8-24-17)12-5-4-6-18-7-12/h4-8,19H,1-3H3,(H,20,21,23). The number of hydrogen-bond acceptors (Lipinski definition) is 5. The topological polar surface area (TPSA) is 87.7 Å². The number of aromatic nitrogens is 3. The average Bonchev–Trinajstić information content (AvgIpc) is 3.12. The molecule has 2 N–H and O–H groups in total. The number of rotatable bonds is 4. The summed E-state index contributed by atoms with van der Waals surface area (Å²) in [6, 6.07) is 3.74. The van der Waals surface area contributed by atoms with Gasteiger partial charge in [-0.25, -0.2) is 4.98 Å². The molecule has 0 fully saturated rings. The monoisotopic (exact) mass is 340 g/mol. The third-order valence-corrected chi connectivity index (χ3v) is 4.46. The van der Waals surface area contributed by atoms with Gasteiger partial charge in [0, 0.05) is 34.6 Å². The number of ketones is 1. The highest BCUT2D eigenvalue weighted by Gasteiger charge is 2.20. The van der Waals surface area contributed by atoms with Crippen molar-refractivity contribution >= 4 is 28.2 Å². The molecule has 0 spiro atoms. The third kappa shape index (κ3) is 2.98. The molecule has 3 heterocycles. The first-order valence-corrected chi connectivity index (χ1v) is 8.22. The lowest BCUT2D eigenvalue weighted by molar-refractivity contribution is 0.101. The predicted octanol–water partition coefficient (Wildman–Crippen LogP) is 3.60. The minimum atomic E-state index is -0.310.